The van der Waals surface area contributed by atoms with E-state index in [2.05, 4.69) is 10.6 Å². The van der Waals surface area contributed by atoms with Gasteiger partial charge in [-0.15, -0.1) is 0 Å². The molecule has 0 bridgehead atoms. The van der Waals surface area contributed by atoms with Crippen LogP contribution in [-0.4, -0.2) is 58.3 Å². The summed E-state index contributed by atoms with van der Waals surface area (Å²) < 4.78 is 5.16. The Balaban J connectivity index is 2.35. The van der Waals surface area contributed by atoms with Gasteiger partial charge in [-0.2, -0.15) is 0 Å². The monoisotopic (exact) mass is 471 g/mol. The third-order valence-electron chi connectivity index (χ3n) is 4.94. The molecule has 3 amide bonds. The Kier molecular flexibility index (Phi) is 9.03. The number of rotatable bonds is 8. The molecule has 0 radical (unpaired) electrons. The number of aliphatic hydroxyl groups excluding tert-OH is 1. The Hall–Kier alpha value is -3.59. The zero-order valence-corrected chi connectivity index (χ0v) is 20.2. The average Bonchev–Trinajstić information content (AvgIpc) is 2.74. The lowest BCUT2D eigenvalue weighted by Gasteiger charge is -2.31. The highest BCUT2D eigenvalue weighted by Gasteiger charge is 2.32. The first-order chi connectivity index (χ1) is 15.9. The first-order valence-electron chi connectivity index (χ1n) is 11.0. The lowest BCUT2D eigenvalue weighted by Crippen LogP contribution is -2.47. The van der Waals surface area contributed by atoms with Crippen LogP contribution in [0.2, 0.25) is 0 Å². The number of phenols is 1. The number of aromatic hydroxyl groups is 1. The summed E-state index contributed by atoms with van der Waals surface area (Å²) in [7, 11) is 0. The maximum Gasteiger partial charge on any atom is 0.408 e. The number of nitrogens with one attached hydrogen (secondary N) is 2. The lowest BCUT2D eigenvalue weighted by atomic mass is 10.0. The Bertz CT molecular complexity index is 994. The minimum absolute atomic E-state index is 0.00397. The molecule has 0 aliphatic carbocycles. The Labute approximate surface area is 199 Å². The van der Waals surface area contributed by atoms with Crippen LogP contribution in [0.5, 0.6) is 5.75 Å². The van der Waals surface area contributed by atoms with E-state index in [4.69, 9.17) is 4.74 Å². The summed E-state index contributed by atoms with van der Waals surface area (Å²) >= 11 is 0. The van der Waals surface area contributed by atoms with Crippen molar-refractivity contribution in [2.24, 2.45) is 0 Å². The third-order valence-corrected chi connectivity index (χ3v) is 4.94. The van der Waals surface area contributed by atoms with E-state index in [1.165, 1.54) is 29.2 Å². The largest absolute Gasteiger partial charge is 0.508 e. The molecule has 9 nitrogen and oxygen atoms in total. The van der Waals surface area contributed by atoms with Crippen LogP contribution in [0.1, 0.15) is 43.5 Å². The Morgan fingerprint density at radius 1 is 1.03 bits per heavy atom. The second kappa shape index (κ2) is 11.5. The number of benzene rings is 2. The van der Waals surface area contributed by atoms with Gasteiger partial charge in [0.1, 0.15) is 23.9 Å². The zero-order chi connectivity index (χ0) is 25.5. The van der Waals surface area contributed by atoms with Gasteiger partial charge in [0.25, 0.3) is 5.91 Å². The molecule has 4 N–H and O–H groups in total. The predicted molar refractivity (Wildman–Crippen MR) is 128 cm³/mol. The molecule has 0 fully saturated rings. The van der Waals surface area contributed by atoms with Crippen molar-refractivity contribution in [1.29, 1.82) is 0 Å². The van der Waals surface area contributed by atoms with Crippen LogP contribution >= 0.6 is 0 Å². The molecule has 1 atom stereocenters. The van der Waals surface area contributed by atoms with Crippen molar-refractivity contribution < 1.29 is 29.3 Å². The highest BCUT2D eigenvalue weighted by atomic mass is 16.6. The average molecular weight is 472 g/mol. The van der Waals surface area contributed by atoms with Gasteiger partial charge >= 0.3 is 6.09 Å². The number of anilines is 1. The van der Waals surface area contributed by atoms with Gasteiger partial charge in [0.15, 0.2) is 0 Å². The van der Waals surface area contributed by atoms with Crippen LogP contribution < -0.4 is 10.6 Å². The lowest BCUT2D eigenvalue weighted by molar-refractivity contribution is -0.138. The van der Waals surface area contributed by atoms with Crippen LogP contribution in [-0.2, 0) is 14.3 Å². The first kappa shape index (κ1) is 26.7. The van der Waals surface area contributed by atoms with Crippen molar-refractivity contribution in [2.45, 2.75) is 46.3 Å². The Morgan fingerprint density at radius 3 is 2.15 bits per heavy atom. The van der Waals surface area contributed by atoms with Crippen molar-refractivity contribution in [1.82, 2.24) is 10.2 Å². The van der Waals surface area contributed by atoms with Gasteiger partial charge in [0, 0.05) is 12.2 Å². The number of para-hydroxylation sites is 1. The van der Waals surface area contributed by atoms with E-state index in [0.717, 1.165) is 11.1 Å². The molecule has 0 spiro atoms. The smallest absolute Gasteiger partial charge is 0.408 e. The van der Waals surface area contributed by atoms with E-state index in [1.807, 2.05) is 32.0 Å². The fourth-order valence-electron chi connectivity index (χ4n) is 3.40. The summed E-state index contributed by atoms with van der Waals surface area (Å²) in [6, 6.07) is 10.4. The van der Waals surface area contributed by atoms with E-state index < -0.39 is 42.7 Å². The van der Waals surface area contributed by atoms with Gasteiger partial charge in [0.2, 0.25) is 5.91 Å². The SMILES string of the molecule is Cc1cccc(C)c1NC(=O)C(c1ccc(O)cc1)N(CCO)C(=O)CNC(=O)OC(C)(C)C. The number of aryl methyl sites for hydroxylation is 2. The van der Waals surface area contributed by atoms with Crippen LogP contribution in [0.15, 0.2) is 42.5 Å². The van der Waals surface area contributed by atoms with Crippen molar-refractivity contribution in [3.05, 3.63) is 59.2 Å². The van der Waals surface area contributed by atoms with Crippen LogP contribution in [0.4, 0.5) is 10.5 Å². The van der Waals surface area contributed by atoms with Gasteiger partial charge in [-0.05, 0) is 63.4 Å². The Morgan fingerprint density at radius 2 is 1.62 bits per heavy atom. The number of nitrogens with zero attached hydrogens (tertiary/aromatic N) is 1. The molecular formula is C25H33N3O6. The standard InChI is InChI=1S/C25H33N3O6/c1-16-7-6-8-17(2)21(16)27-23(32)22(18-9-11-19(30)12-10-18)28(13-14-29)20(31)15-26-24(33)34-25(3,4)5/h6-12,22,29-30H,13-15H2,1-5H3,(H,26,33)(H,27,32). The maximum absolute atomic E-state index is 13.5. The second-order valence-corrected chi connectivity index (χ2v) is 8.92. The number of phenolic OH excluding ortho intramolecular Hbond substituents is 1. The molecular weight excluding hydrogens is 438 g/mol. The summed E-state index contributed by atoms with van der Waals surface area (Å²) in [6.07, 6.45) is -0.772. The van der Waals surface area contributed by atoms with E-state index in [9.17, 15) is 24.6 Å². The zero-order valence-electron chi connectivity index (χ0n) is 20.2. The van der Waals surface area contributed by atoms with E-state index in [-0.39, 0.29) is 12.3 Å². The van der Waals surface area contributed by atoms with Gasteiger partial charge in [-0.3, -0.25) is 9.59 Å². The molecule has 0 heterocycles. The van der Waals surface area contributed by atoms with Crippen LogP contribution in [0, 0.1) is 13.8 Å². The molecule has 0 aliphatic heterocycles. The topological polar surface area (TPSA) is 128 Å². The fourth-order valence-corrected chi connectivity index (χ4v) is 3.40. The van der Waals surface area contributed by atoms with E-state index in [1.54, 1.807) is 20.8 Å². The summed E-state index contributed by atoms with van der Waals surface area (Å²) in [5.41, 5.74) is 2.02. The number of amides is 3. The van der Waals surface area contributed by atoms with Crippen molar-refractivity contribution in [2.75, 3.05) is 25.0 Å². The van der Waals surface area contributed by atoms with Crippen molar-refractivity contribution in [3.63, 3.8) is 0 Å². The number of carbonyl (C=O) groups excluding carboxylic acids is 3. The molecule has 0 aromatic heterocycles. The predicted octanol–water partition coefficient (Wildman–Crippen LogP) is 3.03. The molecule has 0 saturated carbocycles. The van der Waals surface area contributed by atoms with Crippen LogP contribution in [0.3, 0.4) is 0 Å². The number of alkyl carbamates (subject to hydrolysis) is 1. The fraction of sp³-hybridized carbons (Fsp3) is 0.400. The van der Waals surface area contributed by atoms with E-state index >= 15 is 0 Å². The van der Waals surface area contributed by atoms with Crippen molar-refractivity contribution >= 4 is 23.6 Å². The minimum atomic E-state index is -1.13. The maximum atomic E-state index is 13.5. The second-order valence-electron chi connectivity index (χ2n) is 8.92. The van der Waals surface area contributed by atoms with Gasteiger partial charge in [0.05, 0.1) is 6.61 Å². The molecule has 9 heteroatoms. The first-order valence-corrected chi connectivity index (χ1v) is 11.0. The van der Waals surface area contributed by atoms with Gasteiger partial charge < -0.3 is 30.5 Å². The normalized spacial score (nSPS) is 11.9. The molecule has 34 heavy (non-hydrogen) atoms. The van der Waals surface area contributed by atoms with Gasteiger partial charge in [-0.1, -0.05) is 30.3 Å². The molecule has 0 saturated heterocycles. The molecule has 2 aromatic rings. The summed E-state index contributed by atoms with van der Waals surface area (Å²) in [6.45, 7) is 7.84. The highest BCUT2D eigenvalue weighted by Crippen LogP contribution is 2.27. The number of carbonyl (C=O) groups is 3. The molecule has 184 valence electrons. The number of aliphatic hydroxyl groups is 1. The van der Waals surface area contributed by atoms with Crippen LogP contribution in [0.25, 0.3) is 0 Å². The quantitative estimate of drug-likeness (QED) is 0.469. The van der Waals surface area contributed by atoms with Crippen molar-refractivity contribution in [3.8, 4) is 5.75 Å². The molecule has 2 rings (SSSR count). The summed E-state index contributed by atoms with van der Waals surface area (Å²) in [4.78, 5) is 39.8. The molecule has 2 aromatic carbocycles. The number of ether oxygens (including phenoxy) is 1. The number of hydrogen-bond acceptors (Lipinski definition) is 6. The molecule has 0 aliphatic rings. The summed E-state index contributed by atoms with van der Waals surface area (Å²) in [5, 5.41) is 24.6. The van der Waals surface area contributed by atoms with Gasteiger partial charge in [-0.25, -0.2) is 4.79 Å². The molecule has 1 unspecified atom stereocenters. The highest BCUT2D eigenvalue weighted by molar-refractivity contribution is 5.99. The minimum Gasteiger partial charge on any atom is -0.508 e. The van der Waals surface area contributed by atoms with E-state index in [0.29, 0.717) is 11.3 Å². The third kappa shape index (κ3) is 7.48. The summed E-state index contributed by atoms with van der Waals surface area (Å²) in [5.74, 6) is -1.08. The number of hydrogen-bond donors (Lipinski definition) is 4.